The summed E-state index contributed by atoms with van der Waals surface area (Å²) in [6.07, 6.45) is -0.292. The van der Waals surface area contributed by atoms with Crippen LogP contribution in [-0.2, 0) is 17.5 Å². The lowest BCUT2D eigenvalue weighted by Gasteiger charge is -2.29. The highest BCUT2D eigenvalue weighted by Crippen LogP contribution is 2.33. The average molecular weight is 275 g/mol. The van der Waals surface area contributed by atoms with E-state index in [0.717, 1.165) is 25.5 Å². The van der Waals surface area contributed by atoms with E-state index in [1.807, 2.05) is 6.92 Å². The Bertz CT molecular complexity index is 471. The molecule has 4 nitrogen and oxygen atoms in total. The van der Waals surface area contributed by atoms with Gasteiger partial charge >= 0.3 is 6.18 Å². The van der Waals surface area contributed by atoms with Gasteiger partial charge in [-0.3, -0.25) is 0 Å². The van der Waals surface area contributed by atoms with E-state index >= 15 is 0 Å². The van der Waals surface area contributed by atoms with Gasteiger partial charge < -0.3 is 14.6 Å². The molecule has 0 aromatic carbocycles. The molecule has 1 aromatic rings. The minimum atomic E-state index is -4.39. The average Bonchev–Trinajstić information content (AvgIpc) is 2.92. The van der Waals surface area contributed by atoms with E-state index in [9.17, 15) is 13.2 Å². The van der Waals surface area contributed by atoms with Crippen molar-refractivity contribution in [2.75, 3.05) is 5.32 Å². The van der Waals surface area contributed by atoms with Crippen molar-refractivity contribution in [3.8, 4) is 0 Å². The Kier molecular flexibility index (Phi) is 2.96. The monoisotopic (exact) mass is 275 g/mol. The Morgan fingerprint density at radius 2 is 2.16 bits per heavy atom. The third kappa shape index (κ3) is 2.43. The van der Waals surface area contributed by atoms with Gasteiger partial charge in [-0.1, -0.05) is 0 Å². The van der Waals surface area contributed by atoms with Crippen LogP contribution in [0.2, 0.25) is 0 Å². The predicted octanol–water partition coefficient (Wildman–Crippen LogP) is 2.65. The van der Waals surface area contributed by atoms with Crippen molar-refractivity contribution in [3.05, 3.63) is 11.9 Å². The number of hydrogen-bond donors (Lipinski definition) is 1. The molecule has 1 fully saturated rings. The van der Waals surface area contributed by atoms with Crippen molar-refractivity contribution >= 4 is 5.95 Å². The number of alkyl halides is 3. The van der Waals surface area contributed by atoms with E-state index < -0.39 is 11.9 Å². The largest absolute Gasteiger partial charge is 0.434 e. The molecule has 2 aliphatic rings. The second-order valence-corrected chi connectivity index (χ2v) is 5.24. The van der Waals surface area contributed by atoms with Crippen LogP contribution >= 0.6 is 0 Å². The number of aromatic nitrogens is 2. The minimum absolute atomic E-state index is 0.0564. The van der Waals surface area contributed by atoms with Gasteiger partial charge in [-0.15, -0.1) is 0 Å². The number of halogens is 3. The number of aryl methyl sites for hydroxylation is 1. The fourth-order valence-electron chi connectivity index (χ4n) is 2.76. The zero-order chi connectivity index (χ0) is 13.6. The maximum absolute atomic E-state index is 12.6. The fraction of sp³-hybridized carbons (Fsp3) is 0.750. The third-order valence-corrected chi connectivity index (χ3v) is 3.78. The van der Waals surface area contributed by atoms with Crippen molar-refractivity contribution in [2.45, 2.75) is 57.2 Å². The summed E-state index contributed by atoms with van der Waals surface area (Å²) in [4.78, 5) is 3.63. The van der Waals surface area contributed by atoms with Crippen molar-refractivity contribution in [3.63, 3.8) is 0 Å². The number of nitrogens with one attached hydrogen (secondary N) is 1. The molecule has 0 saturated carbocycles. The Morgan fingerprint density at radius 1 is 1.37 bits per heavy atom. The molecule has 0 aliphatic carbocycles. The molecule has 2 aliphatic heterocycles. The Hall–Kier alpha value is -1.24. The van der Waals surface area contributed by atoms with Gasteiger partial charge in [0.05, 0.1) is 18.2 Å². The minimum Gasteiger partial charge on any atom is -0.373 e. The molecule has 0 radical (unpaired) electrons. The first-order chi connectivity index (χ1) is 8.93. The van der Waals surface area contributed by atoms with Crippen LogP contribution in [0.1, 0.15) is 31.9 Å². The molecule has 1 N–H and O–H groups in total. The summed E-state index contributed by atoms with van der Waals surface area (Å²) in [6.45, 7) is 2.57. The zero-order valence-electron chi connectivity index (χ0n) is 10.6. The molecule has 0 spiro atoms. The molecule has 0 amide bonds. The van der Waals surface area contributed by atoms with Crippen LogP contribution in [-0.4, -0.2) is 27.8 Å². The first-order valence-electron chi connectivity index (χ1n) is 6.50. The summed E-state index contributed by atoms with van der Waals surface area (Å²) in [7, 11) is 0. The van der Waals surface area contributed by atoms with Crippen LogP contribution < -0.4 is 5.32 Å². The lowest BCUT2D eigenvalue weighted by atomic mass is 10.0. The molecule has 0 bridgehead atoms. The van der Waals surface area contributed by atoms with Crippen LogP contribution in [0.15, 0.2) is 6.20 Å². The van der Waals surface area contributed by atoms with Crippen molar-refractivity contribution in [1.82, 2.24) is 9.55 Å². The number of anilines is 1. The highest BCUT2D eigenvalue weighted by Gasteiger charge is 2.37. The lowest BCUT2D eigenvalue weighted by molar-refractivity contribution is -0.140. The number of hydrogen-bond acceptors (Lipinski definition) is 3. The fourth-order valence-corrected chi connectivity index (χ4v) is 2.76. The topological polar surface area (TPSA) is 39.1 Å². The van der Waals surface area contributed by atoms with Crippen molar-refractivity contribution in [1.29, 1.82) is 0 Å². The summed E-state index contributed by atoms with van der Waals surface area (Å²) in [5.41, 5.74) is -0.837. The van der Waals surface area contributed by atoms with Crippen LogP contribution in [0.25, 0.3) is 0 Å². The first-order valence-corrected chi connectivity index (χ1v) is 6.50. The number of imidazole rings is 1. The van der Waals surface area contributed by atoms with E-state index in [-0.39, 0.29) is 18.2 Å². The van der Waals surface area contributed by atoms with E-state index in [1.54, 1.807) is 0 Å². The van der Waals surface area contributed by atoms with Crippen molar-refractivity contribution < 1.29 is 17.9 Å². The molecule has 3 atom stereocenters. The molecular weight excluding hydrogens is 259 g/mol. The molecule has 3 unspecified atom stereocenters. The number of fused-ring (bicyclic) bond motifs is 1. The molecule has 19 heavy (non-hydrogen) atoms. The highest BCUT2D eigenvalue weighted by atomic mass is 19.4. The van der Waals surface area contributed by atoms with Gasteiger partial charge in [0.1, 0.15) is 0 Å². The molecule has 106 valence electrons. The molecule has 7 heteroatoms. The standard InChI is InChI=1S/C12H16F3N3O/c1-7-2-3-9(19-7)8-4-5-18-6-10(12(13,14)15)17-11(18)16-8/h6-9H,2-5H2,1H3,(H,16,17). The number of rotatable bonds is 1. The maximum Gasteiger partial charge on any atom is 0.434 e. The van der Waals surface area contributed by atoms with Crippen molar-refractivity contribution in [2.24, 2.45) is 0 Å². The van der Waals surface area contributed by atoms with Gasteiger partial charge in [-0.2, -0.15) is 13.2 Å². The summed E-state index contributed by atoms with van der Waals surface area (Å²) < 4.78 is 45.1. The van der Waals surface area contributed by atoms with E-state index in [4.69, 9.17) is 4.74 Å². The first kappa shape index (κ1) is 12.8. The number of nitrogens with zero attached hydrogens (tertiary/aromatic N) is 2. The molecule has 1 aromatic heterocycles. The Labute approximate surface area is 109 Å². The smallest absolute Gasteiger partial charge is 0.373 e. The summed E-state index contributed by atoms with van der Waals surface area (Å²) in [5, 5.41) is 3.08. The lowest BCUT2D eigenvalue weighted by Crippen LogP contribution is -2.38. The second-order valence-electron chi connectivity index (χ2n) is 5.24. The van der Waals surface area contributed by atoms with Gasteiger partial charge in [-0.05, 0) is 26.2 Å². The Morgan fingerprint density at radius 3 is 2.79 bits per heavy atom. The van der Waals surface area contributed by atoms with Gasteiger partial charge in [0, 0.05) is 12.7 Å². The summed E-state index contributed by atoms with van der Waals surface area (Å²) in [6, 6.07) is 0.0564. The van der Waals surface area contributed by atoms with Gasteiger partial charge in [0.25, 0.3) is 0 Å². The third-order valence-electron chi connectivity index (χ3n) is 3.78. The number of ether oxygens (including phenoxy) is 1. The zero-order valence-corrected chi connectivity index (χ0v) is 10.6. The summed E-state index contributed by atoms with van der Waals surface area (Å²) in [5.74, 6) is 0.298. The van der Waals surface area contributed by atoms with Gasteiger partial charge in [-0.25, -0.2) is 4.98 Å². The summed E-state index contributed by atoms with van der Waals surface area (Å²) >= 11 is 0. The quantitative estimate of drug-likeness (QED) is 0.856. The van der Waals surface area contributed by atoms with Gasteiger partial charge in [0.15, 0.2) is 5.69 Å². The SMILES string of the molecule is CC1CCC(C2CCn3cc(C(F)(F)F)nc3N2)O1. The van der Waals surface area contributed by atoms with Gasteiger partial charge in [0.2, 0.25) is 5.95 Å². The van der Waals surface area contributed by atoms with Crippen LogP contribution in [0.3, 0.4) is 0 Å². The van der Waals surface area contributed by atoms with Crippen LogP contribution in [0.4, 0.5) is 19.1 Å². The molecular formula is C12H16F3N3O. The van der Waals surface area contributed by atoms with E-state index in [0.29, 0.717) is 12.5 Å². The second kappa shape index (κ2) is 4.40. The maximum atomic E-state index is 12.6. The molecule has 1 saturated heterocycles. The normalized spacial score (nSPS) is 31.1. The van der Waals surface area contributed by atoms with E-state index in [1.165, 1.54) is 4.57 Å². The molecule has 3 heterocycles. The van der Waals surface area contributed by atoms with Crippen LogP contribution in [0.5, 0.6) is 0 Å². The molecule has 3 rings (SSSR count). The predicted molar refractivity (Wildman–Crippen MR) is 62.8 cm³/mol. The highest BCUT2D eigenvalue weighted by molar-refractivity contribution is 5.34. The van der Waals surface area contributed by atoms with Crippen LogP contribution in [0, 0.1) is 0 Å². The Balaban J connectivity index is 1.75. The van der Waals surface area contributed by atoms with E-state index in [2.05, 4.69) is 10.3 Å².